The lowest BCUT2D eigenvalue weighted by Crippen LogP contribution is -1.98. The van der Waals surface area contributed by atoms with E-state index in [1.807, 2.05) is 18.2 Å². The van der Waals surface area contributed by atoms with E-state index in [1.165, 1.54) is 6.20 Å². The van der Waals surface area contributed by atoms with Crippen LogP contribution in [-0.2, 0) is 0 Å². The highest BCUT2D eigenvalue weighted by molar-refractivity contribution is 9.10. The zero-order chi connectivity index (χ0) is 16.4. The number of benzene rings is 2. The Bertz CT molecular complexity index is 935. The number of aromatic nitrogens is 1. The Hall–Kier alpha value is -2.78. The number of methoxy groups -OCH3 is 1. The summed E-state index contributed by atoms with van der Waals surface area (Å²) in [5.41, 5.74) is 2.36. The molecule has 0 saturated heterocycles. The highest BCUT2D eigenvalue weighted by Crippen LogP contribution is 2.34. The van der Waals surface area contributed by atoms with Gasteiger partial charge in [-0.3, -0.25) is 4.98 Å². The lowest BCUT2D eigenvalue weighted by molar-refractivity contribution is 0.419. The van der Waals surface area contributed by atoms with Gasteiger partial charge in [-0.05, 0) is 34.1 Å². The van der Waals surface area contributed by atoms with E-state index in [0.29, 0.717) is 32.7 Å². The Balaban J connectivity index is 2.18. The number of nitrogens with one attached hydrogen (secondary N) is 1. The van der Waals surface area contributed by atoms with Gasteiger partial charge < -0.3 is 15.2 Å². The minimum absolute atomic E-state index is 0.115. The number of fused-ring (bicyclic) bond motifs is 1. The predicted octanol–water partition coefficient (Wildman–Crippen LogP) is 4.33. The average Bonchev–Trinajstić information content (AvgIpc) is 2.57. The van der Waals surface area contributed by atoms with Crippen molar-refractivity contribution < 1.29 is 9.84 Å². The molecule has 2 aromatic carbocycles. The molecule has 2 N–H and O–H groups in total. The van der Waals surface area contributed by atoms with Crippen molar-refractivity contribution in [2.75, 3.05) is 12.4 Å². The van der Waals surface area contributed by atoms with Gasteiger partial charge in [0.15, 0.2) is 0 Å². The fourth-order valence-electron chi connectivity index (χ4n) is 2.31. The lowest BCUT2D eigenvalue weighted by atomic mass is 10.1. The summed E-state index contributed by atoms with van der Waals surface area (Å²) < 4.78 is 5.92. The van der Waals surface area contributed by atoms with Gasteiger partial charge in [-0.2, -0.15) is 5.26 Å². The first-order valence-corrected chi connectivity index (χ1v) is 7.54. The van der Waals surface area contributed by atoms with Crippen LogP contribution in [0.1, 0.15) is 5.56 Å². The van der Waals surface area contributed by atoms with Crippen molar-refractivity contribution in [3.63, 3.8) is 0 Å². The molecule has 0 spiro atoms. The number of phenolic OH excluding ortho intramolecular Hbond substituents is 1. The molecule has 6 heteroatoms. The summed E-state index contributed by atoms with van der Waals surface area (Å²) in [4.78, 5) is 4.31. The van der Waals surface area contributed by atoms with Crippen molar-refractivity contribution in [1.82, 2.24) is 4.98 Å². The molecule has 0 fully saturated rings. The molecule has 3 rings (SSSR count). The molecule has 0 unspecified atom stereocenters. The van der Waals surface area contributed by atoms with Crippen LogP contribution in [0.25, 0.3) is 10.9 Å². The molecule has 0 aliphatic carbocycles. The Morgan fingerprint density at radius 2 is 2.13 bits per heavy atom. The van der Waals surface area contributed by atoms with E-state index in [-0.39, 0.29) is 5.75 Å². The summed E-state index contributed by atoms with van der Waals surface area (Å²) in [5.74, 6) is 0.748. The van der Waals surface area contributed by atoms with Gasteiger partial charge in [0.2, 0.25) is 0 Å². The number of ether oxygens (including phenoxy) is 1. The van der Waals surface area contributed by atoms with Crippen LogP contribution in [0.5, 0.6) is 11.5 Å². The van der Waals surface area contributed by atoms with Gasteiger partial charge in [0.25, 0.3) is 0 Å². The zero-order valence-corrected chi connectivity index (χ0v) is 13.8. The van der Waals surface area contributed by atoms with Gasteiger partial charge in [-0.25, -0.2) is 0 Å². The molecule has 23 heavy (non-hydrogen) atoms. The molecule has 1 heterocycles. The van der Waals surface area contributed by atoms with Crippen LogP contribution in [0.3, 0.4) is 0 Å². The van der Waals surface area contributed by atoms with Crippen molar-refractivity contribution in [2.45, 2.75) is 0 Å². The van der Waals surface area contributed by atoms with Crippen LogP contribution in [0.2, 0.25) is 0 Å². The van der Waals surface area contributed by atoms with E-state index in [9.17, 15) is 10.4 Å². The second-order valence-electron chi connectivity index (χ2n) is 4.81. The van der Waals surface area contributed by atoms with Gasteiger partial charge in [0.05, 0.1) is 22.8 Å². The van der Waals surface area contributed by atoms with Crippen LogP contribution in [0, 0.1) is 11.3 Å². The van der Waals surface area contributed by atoms with E-state index >= 15 is 0 Å². The highest BCUT2D eigenvalue weighted by Gasteiger charge is 2.12. The summed E-state index contributed by atoms with van der Waals surface area (Å²) >= 11 is 3.24. The van der Waals surface area contributed by atoms with Crippen LogP contribution < -0.4 is 10.1 Å². The molecule has 3 aromatic rings. The molecule has 0 radical (unpaired) electrons. The van der Waals surface area contributed by atoms with Crippen molar-refractivity contribution >= 4 is 38.2 Å². The number of rotatable bonds is 3. The fraction of sp³-hybridized carbons (Fsp3) is 0.0588. The second-order valence-corrected chi connectivity index (χ2v) is 5.66. The van der Waals surface area contributed by atoms with E-state index in [4.69, 9.17) is 4.74 Å². The van der Waals surface area contributed by atoms with Gasteiger partial charge in [0.1, 0.15) is 23.1 Å². The Kier molecular flexibility index (Phi) is 4.04. The normalized spacial score (nSPS) is 10.3. The summed E-state index contributed by atoms with van der Waals surface area (Å²) in [6, 6.07) is 12.8. The lowest BCUT2D eigenvalue weighted by Gasteiger charge is -2.13. The first-order valence-electron chi connectivity index (χ1n) is 6.75. The summed E-state index contributed by atoms with van der Waals surface area (Å²) in [6.45, 7) is 0. The number of hydrogen-bond acceptors (Lipinski definition) is 5. The minimum Gasteiger partial charge on any atom is -0.507 e. The molecule has 0 amide bonds. The maximum atomic E-state index is 9.82. The zero-order valence-electron chi connectivity index (χ0n) is 12.2. The van der Waals surface area contributed by atoms with Gasteiger partial charge in [0, 0.05) is 23.3 Å². The third-order valence-electron chi connectivity index (χ3n) is 3.42. The number of pyridine rings is 1. The molecule has 5 nitrogen and oxygen atoms in total. The largest absolute Gasteiger partial charge is 0.507 e. The van der Waals surface area contributed by atoms with E-state index in [2.05, 4.69) is 32.3 Å². The molecule has 0 aliphatic heterocycles. The van der Waals surface area contributed by atoms with Crippen molar-refractivity contribution in [2.24, 2.45) is 0 Å². The highest BCUT2D eigenvalue weighted by atomic mass is 79.9. The first kappa shape index (κ1) is 15.1. The maximum Gasteiger partial charge on any atom is 0.145 e. The van der Waals surface area contributed by atoms with Crippen molar-refractivity contribution in [3.05, 3.63) is 52.6 Å². The maximum absolute atomic E-state index is 9.82. The topological polar surface area (TPSA) is 78.2 Å². The quantitative estimate of drug-likeness (QED) is 0.718. The van der Waals surface area contributed by atoms with Crippen LogP contribution >= 0.6 is 15.9 Å². The molecular formula is C17H12BrN3O2. The Morgan fingerprint density at radius 1 is 1.30 bits per heavy atom. The number of phenols is 1. The van der Waals surface area contributed by atoms with E-state index < -0.39 is 0 Å². The summed E-state index contributed by atoms with van der Waals surface area (Å²) in [5, 5.41) is 23.1. The Labute approximate surface area is 141 Å². The van der Waals surface area contributed by atoms with Gasteiger partial charge in [-0.15, -0.1) is 0 Å². The molecule has 0 atom stereocenters. The molecule has 114 valence electrons. The third-order valence-corrected chi connectivity index (χ3v) is 4.09. The number of hydrogen-bond donors (Lipinski definition) is 2. The average molecular weight is 370 g/mol. The number of halogens is 1. The second kappa shape index (κ2) is 6.15. The van der Waals surface area contributed by atoms with Crippen LogP contribution in [-0.4, -0.2) is 17.2 Å². The number of para-hydroxylation sites is 1. The van der Waals surface area contributed by atoms with Crippen LogP contribution in [0.15, 0.2) is 47.1 Å². The molecule has 0 saturated carbocycles. The van der Waals surface area contributed by atoms with Gasteiger partial charge >= 0.3 is 0 Å². The van der Waals surface area contributed by atoms with Crippen molar-refractivity contribution in [3.8, 4) is 17.6 Å². The third kappa shape index (κ3) is 2.79. The minimum atomic E-state index is 0.115. The van der Waals surface area contributed by atoms with Crippen molar-refractivity contribution in [1.29, 1.82) is 5.26 Å². The first-order chi connectivity index (χ1) is 11.1. The number of aromatic hydroxyl groups is 1. The molecule has 0 aliphatic rings. The smallest absolute Gasteiger partial charge is 0.145 e. The number of nitrogens with zero attached hydrogens (tertiary/aromatic N) is 2. The SMILES string of the molecule is COc1cccc2c(Nc3ccc(Br)c(O)c3)c(C#N)cnc12. The number of anilines is 2. The standard InChI is InChI=1S/C17H12BrN3O2/c1-23-15-4-2-3-12-16(10(8-19)9-20-17(12)15)21-11-5-6-13(18)14(22)7-11/h2-7,9,22H,1H3,(H,20,21). The fourth-order valence-corrected chi connectivity index (χ4v) is 2.56. The number of nitriles is 1. The monoisotopic (exact) mass is 369 g/mol. The summed E-state index contributed by atoms with van der Waals surface area (Å²) in [7, 11) is 1.58. The Morgan fingerprint density at radius 3 is 2.83 bits per heavy atom. The molecular weight excluding hydrogens is 358 g/mol. The summed E-state index contributed by atoms with van der Waals surface area (Å²) in [6.07, 6.45) is 1.51. The molecule has 0 bridgehead atoms. The van der Waals surface area contributed by atoms with Gasteiger partial charge in [-0.1, -0.05) is 12.1 Å². The van der Waals surface area contributed by atoms with E-state index in [1.54, 1.807) is 25.3 Å². The predicted molar refractivity (Wildman–Crippen MR) is 92.1 cm³/mol. The van der Waals surface area contributed by atoms with Crippen LogP contribution in [0.4, 0.5) is 11.4 Å². The van der Waals surface area contributed by atoms with E-state index in [0.717, 1.165) is 5.39 Å². The molecule has 1 aromatic heterocycles.